The summed E-state index contributed by atoms with van der Waals surface area (Å²) in [5.41, 5.74) is 6.65. The van der Waals surface area contributed by atoms with Crippen LogP contribution in [0.4, 0.5) is 0 Å². The zero-order chi connectivity index (χ0) is 24.5. The molecular weight excluding hydrogens is 432 g/mol. The third-order valence-electron chi connectivity index (χ3n) is 6.60. The van der Waals surface area contributed by atoms with Crippen LogP contribution in [0.15, 0.2) is 66.7 Å². The maximum Gasteiger partial charge on any atom is 0.251 e. The second-order valence-electron chi connectivity index (χ2n) is 9.67. The van der Waals surface area contributed by atoms with E-state index in [4.69, 9.17) is 4.74 Å². The smallest absolute Gasteiger partial charge is 0.251 e. The Morgan fingerprint density at radius 1 is 0.971 bits per heavy atom. The molecule has 1 N–H and O–H groups in total. The summed E-state index contributed by atoms with van der Waals surface area (Å²) in [4.78, 5) is 15.5. The molecule has 0 fully saturated rings. The first-order valence-corrected chi connectivity index (χ1v) is 13.0. The lowest BCUT2D eigenvalue weighted by molar-refractivity contribution is 0.0950. The first-order chi connectivity index (χ1) is 17.1. The van der Waals surface area contributed by atoms with Crippen LogP contribution in [0.25, 0.3) is 0 Å². The predicted octanol–water partition coefficient (Wildman–Crippen LogP) is 6.29. The molecule has 0 radical (unpaired) electrons. The van der Waals surface area contributed by atoms with E-state index >= 15 is 0 Å². The summed E-state index contributed by atoms with van der Waals surface area (Å²) in [6.45, 7) is 8.80. The number of aryl methyl sites for hydroxylation is 1. The number of fused-ring (bicyclic) bond motifs is 3. The average molecular weight is 471 g/mol. The van der Waals surface area contributed by atoms with E-state index in [0.29, 0.717) is 18.7 Å². The van der Waals surface area contributed by atoms with E-state index in [1.807, 2.05) is 18.2 Å². The fraction of sp³-hybridized carbons (Fsp3) is 0.387. The van der Waals surface area contributed by atoms with E-state index in [0.717, 1.165) is 55.8 Å². The lowest BCUT2D eigenvalue weighted by Crippen LogP contribution is -2.25. The van der Waals surface area contributed by atoms with Crippen LogP contribution in [0.3, 0.4) is 0 Å². The minimum absolute atomic E-state index is 0.0586. The number of nitrogens with zero attached hydrogens (tertiary/aromatic N) is 1. The number of carbonyl (C=O) groups is 1. The molecule has 4 nitrogen and oxygen atoms in total. The number of hydrogen-bond acceptors (Lipinski definition) is 3. The van der Waals surface area contributed by atoms with Gasteiger partial charge in [-0.2, -0.15) is 0 Å². The predicted molar refractivity (Wildman–Crippen MR) is 143 cm³/mol. The second-order valence-corrected chi connectivity index (χ2v) is 9.67. The monoisotopic (exact) mass is 470 g/mol. The van der Waals surface area contributed by atoms with Crippen molar-refractivity contribution in [2.45, 2.75) is 59.0 Å². The summed E-state index contributed by atoms with van der Waals surface area (Å²) < 4.78 is 6.21. The summed E-state index contributed by atoms with van der Waals surface area (Å²) in [5, 5.41) is 3.06. The molecule has 1 heterocycles. The Morgan fingerprint density at radius 2 is 1.80 bits per heavy atom. The van der Waals surface area contributed by atoms with Gasteiger partial charge in [0.15, 0.2) is 0 Å². The molecule has 0 unspecified atom stereocenters. The molecule has 0 spiro atoms. The van der Waals surface area contributed by atoms with Crippen LogP contribution in [0, 0.1) is 6.92 Å². The molecule has 0 saturated carbocycles. The molecule has 0 aliphatic carbocycles. The quantitative estimate of drug-likeness (QED) is 0.476. The van der Waals surface area contributed by atoms with Gasteiger partial charge in [-0.1, -0.05) is 61.0 Å². The van der Waals surface area contributed by atoms with Gasteiger partial charge in [0, 0.05) is 25.1 Å². The minimum atomic E-state index is -0.0586. The van der Waals surface area contributed by atoms with Crippen molar-refractivity contribution < 1.29 is 9.53 Å². The fourth-order valence-electron chi connectivity index (χ4n) is 4.69. The Balaban J connectivity index is 1.53. The van der Waals surface area contributed by atoms with E-state index in [1.165, 1.54) is 29.5 Å². The Morgan fingerprint density at radius 3 is 2.63 bits per heavy atom. The zero-order valence-electron chi connectivity index (χ0n) is 21.2. The number of nitrogens with one attached hydrogen (secondary N) is 1. The van der Waals surface area contributed by atoms with E-state index in [9.17, 15) is 4.79 Å². The maximum absolute atomic E-state index is 12.9. The summed E-state index contributed by atoms with van der Waals surface area (Å²) in [6.07, 6.45) is 5.32. The van der Waals surface area contributed by atoms with Gasteiger partial charge in [0.2, 0.25) is 0 Å². The van der Waals surface area contributed by atoms with E-state index in [1.54, 1.807) is 0 Å². The van der Waals surface area contributed by atoms with Crippen LogP contribution in [0.5, 0.6) is 5.75 Å². The average Bonchev–Trinajstić information content (AvgIpc) is 2.86. The zero-order valence-corrected chi connectivity index (χ0v) is 21.2. The highest BCUT2D eigenvalue weighted by atomic mass is 16.5. The molecule has 1 amide bonds. The Labute approximate surface area is 210 Å². The van der Waals surface area contributed by atoms with Crippen LogP contribution >= 0.6 is 0 Å². The summed E-state index contributed by atoms with van der Waals surface area (Å²) in [7, 11) is 0. The van der Waals surface area contributed by atoms with Gasteiger partial charge in [-0.15, -0.1) is 0 Å². The molecule has 0 saturated heterocycles. The SMILES string of the molecule is CCCN1CCCCCOc2ccc(C(=O)NCc3ccc(C)cc3)cc2Cc2cccc(c2)C1. The van der Waals surface area contributed by atoms with Crippen molar-refractivity contribution in [3.63, 3.8) is 0 Å². The lowest BCUT2D eigenvalue weighted by Gasteiger charge is -2.22. The molecule has 35 heavy (non-hydrogen) atoms. The van der Waals surface area contributed by atoms with Gasteiger partial charge < -0.3 is 10.1 Å². The summed E-state index contributed by atoms with van der Waals surface area (Å²) in [6, 6.07) is 23.0. The molecule has 3 aromatic carbocycles. The van der Waals surface area contributed by atoms with Crippen molar-refractivity contribution in [3.8, 4) is 5.75 Å². The van der Waals surface area contributed by atoms with Gasteiger partial charge in [0.25, 0.3) is 5.91 Å². The number of ether oxygens (including phenoxy) is 1. The van der Waals surface area contributed by atoms with Crippen molar-refractivity contribution in [1.29, 1.82) is 0 Å². The number of amides is 1. The van der Waals surface area contributed by atoms with E-state index < -0.39 is 0 Å². The second kappa shape index (κ2) is 12.6. The van der Waals surface area contributed by atoms with Gasteiger partial charge in [-0.05, 0) is 86.1 Å². The lowest BCUT2D eigenvalue weighted by atomic mass is 9.99. The molecule has 4 heteroatoms. The highest BCUT2D eigenvalue weighted by Crippen LogP contribution is 2.25. The van der Waals surface area contributed by atoms with Gasteiger partial charge in [-0.25, -0.2) is 0 Å². The molecule has 4 rings (SSSR count). The Kier molecular flexibility index (Phi) is 8.96. The van der Waals surface area contributed by atoms with Gasteiger partial charge in [0.1, 0.15) is 5.75 Å². The molecule has 3 aromatic rings. The van der Waals surface area contributed by atoms with Crippen molar-refractivity contribution in [1.82, 2.24) is 10.2 Å². The molecule has 1 aliphatic rings. The third-order valence-corrected chi connectivity index (χ3v) is 6.60. The number of benzene rings is 3. The normalized spacial score (nSPS) is 14.9. The maximum atomic E-state index is 12.9. The molecule has 184 valence electrons. The van der Waals surface area contributed by atoms with Crippen molar-refractivity contribution in [2.75, 3.05) is 19.7 Å². The first-order valence-electron chi connectivity index (χ1n) is 13.0. The van der Waals surface area contributed by atoms with Crippen molar-refractivity contribution in [2.24, 2.45) is 0 Å². The molecular formula is C31H38N2O2. The topological polar surface area (TPSA) is 41.6 Å². The van der Waals surface area contributed by atoms with Gasteiger partial charge in [-0.3, -0.25) is 9.69 Å². The largest absolute Gasteiger partial charge is 0.493 e. The van der Waals surface area contributed by atoms with E-state index in [2.05, 4.69) is 72.6 Å². The highest BCUT2D eigenvalue weighted by Gasteiger charge is 2.13. The van der Waals surface area contributed by atoms with Crippen molar-refractivity contribution >= 4 is 5.91 Å². The summed E-state index contributed by atoms with van der Waals surface area (Å²) in [5.74, 6) is 0.826. The third kappa shape index (κ3) is 7.43. The number of rotatable bonds is 5. The first kappa shape index (κ1) is 25.0. The van der Waals surface area contributed by atoms with Crippen LogP contribution in [0.2, 0.25) is 0 Å². The van der Waals surface area contributed by atoms with Crippen LogP contribution in [0.1, 0.15) is 70.8 Å². The Hall–Kier alpha value is -3.11. The molecule has 0 atom stereocenters. The van der Waals surface area contributed by atoms with Crippen molar-refractivity contribution in [3.05, 3.63) is 100 Å². The van der Waals surface area contributed by atoms with Crippen LogP contribution in [-0.2, 0) is 19.5 Å². The fourth-order valence-corrected chi connectivity index (χ4v) is 4.69. The van der Waals surface area contributed by atoms with Crippen LogP contribution in [-0.4, -0.2) is 30.5 Å². The molecule has 2 bridgehead atoms. The van der Waals surface area contributed by atoms with E-state index in [-0.39, 0.29) is 5.91 Å². The number of carbonyl (C=O) groups excluding carboxylic acids is 1. The standard InChI is InChI=1S/C31H38N2O2/c1-3-16-33-17-5-4-6-18-35-30-15-14-28(31(34)32-22-25-12-10-24(2)11-13-25)21-29(30)20-26-8-7-9-27(19-26)23-33/h7-15,19,21H,3-6,16-18,20,22-23H2,1-2H3,(H,32,34). The number of hydrogen-bond donors (Lipinski definition) is 1. The van der Waals surface area contributed by atoms with Gasteiger partial charge >= 0.3 is 0 Å². The summed E-state index contributed by atoms with van der Waals surface area (Å²) >= 11 is 0. The Bertz CT molecular complexity index is 1110. The van der Waals surface area contributed by atoms with Crippen LogP contribution < -0.4 is 10.1 Å². The molecule has 1 aliphatic heterocycles. The highest BCUT2D eigenvalue weighted by molar-refractivity contribution is 5.94. The minimum Gasteiger partial charge on any atom is -0.493 e. The van der Waals surface area contributed by atoms with Gasteiger partial charge in [0.05, 0.1) is 6.61 Å². The molecule has 0 aromatic heterocycles.